The molecule has 0 aromatic heterocycles. The minimum atomic E-state index is -0.386. The molecule has 4 heteroatoms. The highest BCUT2D eigenvalue weighted by molar-refractivity contribution is 6.30. The van der Waals surface area contributed by atoms with Gasteiger partial charge in [-0.05, 0) is 35.9 Å². The Morgan fingerprint density at radius 3 is 2.63 bits per heavy atom. The second-order valence-electron chi connectivity index (χ2n) is 4.55. The summed E-state index contributed by atoms with van der Waals surface area (Å²) in [5.74, 6) is -0.386. The van der Waals surface area contributed by atoms with Crippen molar-refractivity contribution in [3.05, 3.63) is 58.9 Å². The van der Waals surface area contributed by atoms with Crippen LogP contribution in [0.2, 0.25) is 5.02 Å². The fourth-order valence-corrected chi connectivity index (χ4v) is 1.87. The Hall–Kier alpha value is -1.74. The standard InChI is InChI=1S/C15H16ClFN2/c1-19(2)13-5-3-4-12(9-13)18-10-11-6-7-14(16)15(17)8-11/h3-9,18H,10H2,1-2H3. The zero-order chi connectivity index (χ0) is 13.8. The number of halogens is 2. The van der Waals surface area contributed by atoms with Gasteiger partial charge < -0.3 is 10.2 Å². The predicted octanol–water partition coefficient (Wildman–Crippen LogP) is 4.16. The van der Waals surface area contributed by atoms with E-state index in [0.29, 0.717) is 6.54 Å². The summed E-state index contributed by atoms with van der Waals surface area (Å²) in [5, 5.41) is 3.42. The number of hydrogen-bond acceptors (Lipinski definition) is 2. The lowest BCUT2D eigenvalue weighted by Crippen LogP contribution is -2.09. The average Bonchev–Trinajstić information content (AvgIpc) is 2.40. The third-order valence-corrected chi connectivity index (χ3v) is 3.15. The van der Waals surface area contributed by atoms with Crippen molar-refractivity contribution in [2.45, 2.75) is 6.54 Å². The van der Waals surface area contributed by atoms with E-state index in [1.165, 1.54) is 6.07 Å². The van der Waals surface area contributed by atoms with Crippen LogP contribution in [0.4, 0.5) is 15.8 Å². The van der Waals surface area contributed by atoms with Crippen LogP contribution < -0.4 is 10.2 Å². The Bertz CT molecular complexity index is 570. The molecule has 19 heavy (non-hydrogen) atoms. The second-order valence-corrected chi connectivity index (χ2v) is 4.95. The molecule has 0 atom stereocenters. The van der Waals surface area contributed by atoms with Gasteiger partial charge in [0.1, 0.15) is 5.82 Å². The van der Waals surface area contributed by atoms with Crippen molar-refractivity contribution in [1.82, 2.24) is 0 Å². The number of anilines is 2. The molecule has 0 amide bonds. The summed E-state index contributed by atoms with van der Waals surface area (Å²) in [6.45, 7) is 0.560. The van der Waals surface area contributed by atoms with Gasteiger partial charge in [0.25, 0.3) is 0 Å². The molecule has 2 aromatic carbocycles. The van der Waals surface area contributed by atoms with E-state index < -0.39 is 0 Å². The Morgan fingerprint density at radius 2 is 1.95 bits per heavy atom. The van der Waals surface area contributed by atoms with Crippen LogP contribution in [0, 0.1) is 5.82 Å². The zero-order valence-corrected chi connectivity index (χ0v) is 11.7. The van der Waals surface area contributed by atoms with Crippen LogP contribution in [0.3, 0.4) is 0 Å². The van der Waals surface area contributed by atoms with Gasteiger partial charge in [0, 0.05) is 32.0 Å². The molecular formula is C15H16ClFN2. The van der Waals surface area contributed by atoms with E-state index >= 15 is 0 Å². The Morgan fingerprint density at radius 1 is 1.16 bits per heavy atom. The van der Waals surface area contributed by atoms with Crippen molar-refractivity contribution in [2.75, 3.05) is 24.3 Å². The molecule has 2 nitrogen and oxygen atoms in total. The maximum Gasteiger partial charge on any atom is 0.142 e. The lowest BCUT2D eigenvalue weighted by Gasteiger charge is -2.14. The van der Waals surface area contributed by atoms with Crippen LogP contribution in [0.25, 0.3) is 0 Å². The van der Waals surface area contributed by atoms with E-state index in [-0.39, 0.29) is 10.8 Å². The third kappa shape index (κ3) is 3.61. The van der Waals surface area contributed by atoms with E-state index in [9.17, 15) is 4.39 Å². The topological polar surface area (TPSA) is 15.3 Å². The van der Waals surface area contributed by atoms with Gasteiger partial charge in [0.2, 0.25) is 0 Å². The first-order chi connectivity index (χ1) is 9.06. The highest BCUT2D eigenvalue weighted by Crippen LogP contribution is 2.19. The number of nitrogens with one attached hydrogen (secondary N) is 1. The number of hydrogen-bond donors (Lipinski definition) is 1. The van der Waals surface area contributed by atoms with Gasteiger partial charge in [0.05, 0.1) is 5.02 Å². The molecule has 0 fully saturated rings. The number of nitrogens with zero attached hydrogens (tertiary/aromatic N) is 1. The summed E-state index contributed by atoms with van der Waals surface area (Å²) < 4.78 is 13.3. The lowest BCUT2D eigenvalue weighted by atomic mass is 10.2. The van der Waals surface area contributed by atoms with Crippen molar-refractivity contribution >= 4 is 23.0 Å². The lowest BCUT2D eigenvalue weighted by molar-refractivity contribution is 0.626. The summed E-state index contributed by atoms with van der Waals surface area (Å²) in [7, 11) is 3.99. The summed E-state index contributed by atoms with van der Waals surface area (Å²) in [5.41, 5.74) is 2.98. The van der Waals surface area contributed by atoms with Crippen molar-refractivity contribution in [3.63, 3.8) is 0 Å². The van der Waals surface area contributed by atoms with Crippen LogP contribution in [0.5, 0.6) is 0 Å². The van der Waals surface area contributed by atoms with Gasteiger partial charge in [-0.25, -0.2) is 4.39 Å². The van der Waals surface area contributed by atoms with Crippen LogP contribution in [-0.2, 0) is 6.54 Å². The van der Waals surface area contributed by atoms with Crippen LogP contribution in [0.1, 0.15) is 5.56 Å². The largest absolute Gasteiger partial charge is 0.381 e. The Labute approximate surface area is 117 Å². The number of benzene rings is 2. The average molecular weight is 279 g/mol. The van der Waals surface area contributed by atoms with Crippen molar-refractivity contribution in [1.29, 1.82) is 0 Å². The van der Waals surface area contributed by atoms with E-state index in [2.05, 4.69) is 5.32 Å². The van der Waals surface area contributed by atoms with Crippen molar-refractivity contribution < 1.29 is 4.39 Å². The first-order valence-electron chi connectivity index (χ1n) is 6.01. The highest BCUT2D eigenvalue weighted by atomic mass is 35.5. The van der Waals surface area contributed by atoms with Crippen molar-refractivity contribution in [2.24, 2.45) is 0 Å². The van der Waals surface area contributed by atoms with E-state index in [4.69, 9.17) is 11.6 Å². The molecule has 0 aliphatic carbocycles. The molecule has 0 aliphatic heterocycles. The molecule has 0 saturated carbocycles. The van der Waals surface area contributed by atoms with Crippen molar-refractivity contribution in [3.8, 4) is 0 Å². The molecule has 0 saturated heterocycles. The summed E-state index contributed by atoms with van der Waals surface area (Å²) in [6, 6.07) is 12.9. The molecule has 100 valence electrons. The third-order valence-electron chi connectivity index (χ3n) is 2.84. The summed E-state index contributed by atoms with van der Waals surface area (Å²) in [4.78, 5) is 2.03. The van der Waals surface area contributed by atoms with Gasteiger partial charge in [-0.15, -0.1) is 0 Å². The monoisotopic (exact) mass is 278 g/mol. The van der Waals surface area contributed by atoms with Crippen LogP contribution in [-0.4, -0.2) is 14.1 Å². The van der Waals surface area contributed by atoms with E-state index in [0.717, 1.165) is 16.9 Å². The Kier molecular flexibility index (Phi) is 4.27. The van der Waals surface area contributed by atoms with Crippen LogP contribution >= 0.6 is 11.6 Å². The van der Waals surface area contributed by atoms with Gasteiger partial charge >= 0.3 is 0 Å². The maximum atomic E-state index is 13.3. The minimum Gasteiger partial charge on any atom is -0.381 e. The fraction of sp³-hybridized carbons (Fsp3) is 0.200. The van der Waals surface area contributed by atoms with Crippen LogP contribution in [0.15, 0.2) is 42.5 Å². The normalized spacial score (nSPS) is 10.3. The molecule has 1 N–H and O–H groups in total. The smallest absolute Gasteiger partial charge is 0.142 e. The van der Waals surface area contributed by atoms with E-state index in [1.54, 1.807) is 6.07 Å². The quantitative estimate of drug-likeness (QED) is 0.903. The molecule has 0 bridgehead atoms. The minimum absolute atomic E-state index is 0.151. The first-order valence-corrected chi connectivity index (χ1v) is 6.39. The Balaban J connectivity index is 2.05. The molecule has 0 spiro atoms. The molecule has 0 heterocycles. The van der Waals surface area contributed by atoms with E-state index in [1.807, 2.05) is 49.3 Å². The summed E-state index contributed by atoms with van der Waals surface area (Å²) >= 11 is 5.65. The molecule has 2 aromatic rings. The molecule has 0 radical (unpaired) electrons. The SMILES string of the molecule is CN(C)c1cccc(NCc2ccc(Cl)c(F)c2)c1. The maximum absolute atomic E-state index is 13.3. The first kappa shape index (κ1) is 13.7. The van der Waals surface area contributed by atoms with Gasteiger partial charge in [-0.1, -0.05) is 23.7 Å². The molecular weight excluding hydrogens is 263 g/mol. The highest BCUT2D eigenvalue weighted by Gasteiger charge is 2.02. The summed E-state index contributed by atoms with van der Waals surface area (Å²) in [6.07, 6.45) is 0. The van der Waals surface area contributed by atoms with Gasteiger partial charge in [-0.3, -0.25) is 0 Å². The molecule has 2 rings (SSSR count). The van der Waals surface area contributed by atoms with Gasteiger partial charge in [-0.2, -0.15) is 0 Å². The fourth-order valence-electron chi connectivity index (χ4n) is 1.75. The molecule has 0 unspecified atom stereocenters. The predicted molar refractivity (Wildman–Crippen MR) is 79.5 cm³/mol. The van der Waals surface area contributed by atoms with Gasteiger partial charge in [0.15, 0.2) is 0 Å². The molecule has 0 aliphatic rings. The number of rotatable bonds is 4. The second kappa shape index (κ2) is 5.93. The zero-order valence-electron chi connectivity index (χ0n) is 11.0.